The number of nitrogens with one attached hydrogen (secondary N) is 1. The van der Waals surface area contributed by atoms with Crippen LogP contribution in [0.3, 0.4) is 0 Å². The highest BCUT2D eigenvalue weighted by atomic mass is 16.5. The summed E-state index contributed by atoms with van der Waals surface area (Å²) in [6.45, 7) is 3.45. The van der Waals surface area contributed by atoms with Gasteiger partial charge in [0.2, 0.25) is 0 Å². The third-order valence-electron chi connectivity index (χ3n) is 5.36. The highest BCUT2D eigenvalue weighted by Gasteiger charge is 2.45. The van der Waals surface area contributed by atoms with Crippen molar-refractivity contribution in [2.75, 3.05) is 26.4 Å². The average Bonchev–Trinajstić information content (AvgIpc) is 3.24. The predicted octanol–water partition coefficient (Wildman–Crippen LogP) is 2.63. The minimum Gasteiger partial charge on any atom is -0.381 e. The Morgan fingerprint density at radius 2 is 2.00 bits per heavy atom. The first-order valence-electron chi connectivity index (χ1n) is 8.67. The van der Waals surface area contributed by atoms with E-state index in [1.165, 1.54) is 25.7 Å². The smallest absolute Gasteiger partial charge is 0.109 e. The van der Waals surface area contributed by atoms with Crippen LogP contribution in [0.1, 0.15) is 51.4 Å². The number of hydrogen-bond donors (Lipinski definition) is 1. The number of rotatable bonds is 7. The summed E-state index contributed by atoms with van der Waals surface area (Å²) in [5, 5.41) is 13.3. The van der Waals surface area contributed by atoms with Crippen molar-refractivity contribution >= 4 is 0 Å². The minimum atomic E-state index is -0.261. The molecule has 2 aliphatic carbocycles. The molecule has 1 saturated heterocycles. The fourth-order valence-corrected chi connectivity index (χ4v) is 3.82. The van der Waals surface area contributed by atoms with E-state index in [0.717, 1.165) is 52.1 Å². The minimum absolute atomic E-state index is 0.261. The largest absolute Gasteiger partial charge is 0.381 e. The van der Waals surface area contributed by atoms with E-state index in [1.54, 1.807) is 0 Å². The quantitative estimate of drug-likeness (QED) is 0.733. The second kappa shape index (κ2) is 7.09. The van der Waals surface area contributed by atoms with Crippen LogP contribution in [0.5, 0.6) is 0 Å². The first kappa shape index (κ1) is 15.3. The van der Waals surface area contributed by atoms with E-state index in [0.29, 0.717) is 17.9 Å². The monoisotopic (exact) mass is 292 g/mol. The summed E-state index contributed by atoms with van der Waals surface area (Å²) < 4.78 is 11.3. The number of nitriles is 1. The molecule has 21 heavy (non-hydrogen) atoms. The SMILES string of the molecule is N#CC1(NC2CC2)CCCC1CCOCC1CCOCC1. The number of nitrogens with zero attached hydrogens (tertiary/aromatic N) is 1. The van der Waals surface area contributed by atoms with Gasteiger partial charge in [0.1, 0.15) is 5.54 Å². The summed E-state index contributed by atoms with van der Waals surface area (Å²) in [6.07, 6.45) is 9.16. The summed E-state index contributed by atoms with van der Waals surface area (Å²) in [7, 11) is 0. The van der Waals surface area contributed by atoms with Gasteiger partial charge in [-0.25, -0.2) is 0 Å². The molecule has 0 radical (unpaired) electrons. The van der Waals surface area contributed by atoms with Crippen molar-refractivity contribution in [3.63, 3.8) is 0 Å². The summed E-state index contributed by atoms with van der Waals surface area (Å²) in [4.78, 5) is 0. The van der Waals surface area contributed by atoms with Gasteiger partial charge in [-0.15, -0.1) is 0 Å². The predicted molar refractivity (Wildman–Crippen MR) is 80.8 cm³/mol. The Bertz CT molecular complexity index is 371. The molecule has 3 rings (SSSR count). The van der Waals surface area contributed by atoms with E-state index in [9.17, 15) is 5.26 Å². The molecule has 4 heteroatoms. The molecule has 118 valence electrons. The lowest BCUT2D eigenvalue weighted by Gasteiger charge is -2.30. The van der Waals surface area contributed by atoms with Crippen molar-refractivity contribution in [2.45, 2.75) is 62.9 Å². The van der Waals surface area contributed by atoms with E-state index >= 15 is 0 Å². The molecule has 1 N–H and O–H groups in total. The van der Waals surface area contributed by atoms with Crippen molar-refractivity contribution in [3.05, 3.63) is 0 Å². The van der Waals surface area contributed by atoms with Crippen LogP contribution in [-0.2, 0) is 9.47 Å². The van der Waals surface area contributed by atoms with Gasteiger partial charge < -0.3 is 9.47 Å². The molecule has 0 bridgehead atoms. The molecule has 1 aliphatic heterocycles. The fourth-order valence-electron chi connectivity index (χ4n) is 3.82. The van der Waals surface area contributed by atoms with Crippen molar-refractivity contribution in [1.82, 2.24) is 5.32 Å². The summed E-state index contributed by atoms with van der Waals surface area (Å²) >= 11 is 0. The van der Waals surface area contributed by atoms with Crippen molar-refractivity contribution in [1.29, 1.82) is 5.26 Å². The van der Waals surface area contributed by atoms with Gasteiger partial charge >= 0.3 is 0 Å². The second-order valence-electron chi connectivity index (χ2n) is 7.01. The zero-order valence-electron chi connectivity index (χ0n) is 13.0. The highest BCUT2D eigenvalue weighted by Crippen LogP contribution is 2.40. The Balaban J connectivity index is 1.40. The Labute approximate surface area is 128 Å². The first-order chi connectivity index (χ1) is 10.3. The van der Waals surface area contributed by atoms with E-state index in [1.807, 2.05) is 0 Å². The van der Waals surface area contributed by atoms with Crippen molar-refractivity contribution in [2.24, 2.45) is 11.8 Å². The lowest BCUT2D eigenvalue weighted by molar-refractivity contribution is 0.0164. The lowest BCUT2D eigenvalue weighted by Crippen LogP contribution is -2.48. The third kappa shape index (κ3) is 3.97. The van der Waals surface area contributed by atoms with E-state index < -0.39 is 0 Å². The van der Waals surface area contributed by atoms with Crippen molar-refractivity contribution in [3.8, 4) is 6.07 Å². The van der Waals surface area contributed by atoms with Crippen LogP contribution < -0.4 is 5.32 Å². The molecule has 2 saturated carbocycles. The van der Waals surface area contributed by atoms with Crippen LogP contribution in [0.2, 0.25) is 0 Å². The highest BCUT2D eigenvalue weighted by molar-refractivity contribution is 5.16. The van der Waals surface area contributed by atoms with E-state index in [4.69, 9.17) is 9.47 Å². The van der Waals surface area contributed by atoms with Gasteiger partial charge in [-0.3, -0.25) is 5.32 Å². The molecule has 2 unspecified atom stereocenters. The maximum atomic E-state index is 9.66. The van der Waals surface area contributed by atoms with Gasteiger partial charge in [0.15, 0.2) is 0 Å². The number of ether oxygens (including phenoxy) is 2. The van der Waals surface area contributed by atoms with Gasteiger partial charge in [-0.1, -0.05) is 6.42 Å². The van der Waals surface area contributed by atoms with Crippen LogP contribution in [-0.4, -0.2) is 38.0 Å². The maximum absolute atomic E-state index is 9.66. The van der Waals surface area contributed by atoms with E-state index in [-0.39, 0.29) is 5.54 Å². The number of hydrogen-bond acceptors (Lipinski definition) is 4. The van der Waals surface area contributed by atoms with Gasteiger partial charge in [-0.2, -0.15) is 5.26 Å². The maximum Gasteiger partial charge on any atom is 0.109 e. The molecular weight excluding hydrogens is 264 g/mol. The summed E-state index contributed by atoms with van der Waals surface area (Å²) in [5.74, 6) is 1.14. The van der Waals surface area contributed by atoms with Gasteiger partial charge in [0, 0.05) is 32.5 Å². The second-order valence-corrected chi connectivity index (χ2v) is 7.01. The summed E-state index contributed by atoms with van der Waals surface area (Å²) in [6, 6.07) is 3.21. The summed E-state index contributed by atoms with van der Waals surface area (Å²) in [5.41, 5.74) is -0.261. The molecule has 1 heterocycles. The first-order valence-corrected chi connectivity index (χ1v) is 8.67. The normalized spacial score (nSPS) is 34.0. The topological polar surface area (TPSA) is 54.3 Å². The molecule has 0 spiro atoms. The molecule has 0 aromatic carbocycles. The van der Waals surface area contributed by atoms with E-state index in [2.05, 4.69) is 11.4 Å². The van der Waals surface area contributed by atoms with Crippen molar-refractivity contribution < 1.29 is 9.47 Å². The zero-order valence-corrected chi connectivity index (χ0v) is 13.0. The van der Waals surface area contributed by atoms with Gasteiger partial charge in [0.25, 0.3) is 0 Å². The van der Waals surface area contributed by atoms with Crippen LogP contribution in [0.15, 0.2) is 0 Å². The van der Waals surface area contributed by atoms with Crippen LogP contribution in [0, 0.1) is 23.2 Å². The standard InChI is InChI=1S/C17H28N2O2/c18-13-17(19-16-3-4-16)8-1-2-15(17)7-11-21-12-14-5-9-20-10-6-14/h14-16,19H,1-12H2. The van der Waals surface area contributed by atoms with Crippen LogP contribution >= 0.6 is 0 Å². The fraction of sp³-hybridized carbons (Fsp3) is 0.941. The average molecular weight is 292 g/mol. The Kier molecular flexibility index (Phi) is 5.15. The Morgan fingerprint density at radius 1 is 1.19 bits per heavy atom. The molecular formula is C17H28N2O2. The zero-order chi connectivity index (χ0) is 14.5. The molecule has 0 aromatic rings. The van der Waals surface area contributed by atoms with Crippen LogP contribution in [0.25, 0.3) is 0 Å². The van der Waals surface area contributed by atoms with Gasteiger partial charge in [0.05, 0.1) is 6.07 Å². The Morgan fingerprint density at radius 3 is 2.71 bits per heavy atom. The van der Waals surface area contributed by atoms with Gasteiger partial charge in [-0.05, 0) is 56.8 Å². The molecule has 3 aliphatic rings. The molecule has 3 fully saturated rings. The lowest BCUT2D eigenvalue weighted by atomic mass is 9.86. The Hall–Kier alpha value is -0.630. The van der Waals surface area contributed by atoms with Crippen LogP contribution in [0.4, 0.5) is 0 Å². The molecule has 0 amide bonds. The molecule has 2 atom stereocenters. The molecule has 4 nitrogen and oxygen atoms in total. The molecule has 0 aromatic heterocycles. The third-order valence-corrected chi connectivity index (χ3v) is 5.36.